The highest BCUT2D eigenvalue weighted by molar-refractivity contribution is 5.99. The minimum atomic E-state index is -0.455. The molecule has 0 fully saturated rings. The maximum Gasteiger partial charge on any atom is 0.324 e. The number of carbonyl (C=O) groups excluding carboxylic acids is 1. The maximum atomic E-state index is 14.5. The molecule has 0 aliphatic rings. The van der Waals surface area contributed by atoms with Crippen LogP contribution in [0.4, 0.5) is 20.7 Å². The molecule has 0 atom stereocenters. The summed E-state index contributed by atoms with van der Waals surface area (Å²) in [7, 11) is 0. The number of nitrogens with one attached hydrogen (secondary N) is 2. The second-order valence-corrected chi connectivity index (χ2v) is 9.26. The normalized spacial score (nSPS) is 11.5. The molecule has 0 radical (unpaired) electrons. The van der Waals surface area contributed by atoms with Gasteiger partial charge in [0.2, 0.25) is 0 Å². The molecule has 0 saturated carbocycles. The molecule has 7 nitrogen and oxygen atoms in total. The number of urea groups is 1. The number of para-hydroxylation sites is 3. The lowest BCUT2D eigenvalue weighted by Gasteiger charge is -2.14. The van der Waals surface area contributed by atoms with Crippen LogP contribution in [0, 0.1) is 5.82 Å². The highest BCUT2D eigenvalue weighted by Gasteiger charge is 2.22. The molecule has 0 aliphatic carbocycles. The third-order valence-electron chi connectivity index (χ3n) is 5.66. The van der Waals surface area contributed by atoms with Crippen molar-refractivity contribution in [2.24, 2.45) is 0 Å². The second-order valence-electron chi connectivity index (χ2n) is 9.26. The van der Waals surface area contributed by atoms with Gasteiger partial charge in [-0.3, -0.25) is 9.88 Å². The zero-order valence-corrected chi connectivity index (χ0v) is 19.7. The summed E-state index contributed by atoms with van der Waals surface area (Å²) in [6.07, 6.45) is 1.77. The van der Waals surface area contributed by atoms with Crippen LogP contribution in [0.1, 0.15) is 26.5 Å². The number of aromatic nitrogens is 4. The van der Waals surface area contributed by atoms with E-state index in [0.717, 1.165) is 22.4 Å². The van der Waals surface area contributed by atoms with Crippen molar-refractivity contribution < 1.29 is 9.18 Å². The number of hydrogen-bond acceptors (Lipinski definition) is 3. The van der Waals surface area contributed by atoms with Gasteiger partial charge in [0, 0.05) is 22.9 Å². The molecule has 2 amide bonds. The number of anilines is 2. The van der Waals surface area contributed by atoms with E-state index in [4.69, 9.17) is 0 Å². The lowest BCUT2D eigenvalue weighted by Crippen LogP contribution is -2.21. The standard InChI is InChI=1S/C27H25FN6O/c1-27(2,3)24-16-25(34(32-24)22-10-6-4-8-20(22)28)31-26(35)30-18-12-14-19(15-13-18)33-17-29-21-9-5-7-11-23(21)33/h4-17H,1-3H3,(H2,30,31,35). The fourth-order valence-corrected chi connectivity index (χ4v) is 3.79. The third-order valence-corrected chi connectivity index (χ3v) is 5.66. The van der Waals surface area contributed by atoms with Gasteiger partial charge in [-0.2, -0.15) is 5.10 Å². The van der Waals surface area contributed by atoms with Gasteiger partial charge in [-0.15, -0.1) is 0 Å². The van der Waals surface area contributed by atoms with Crippen LogP contribution in [0.15, 0.2) is 85.2 Å². The Morgan fingerprint density at radius 2 is 1.63 bits per heavy atom. The topological polar surface area (TPSA) is 76.8 Å². The molecule has 35 heavy (non-hydrogen) atoms. The van der Waals surface area contributed by atoms with Gasteiger partial charge in [0.25, 0.3) is 0 Å². The van der Waals surface area contributed by atoms with Gasteiger partial charge in [0.1, 0.15) is 23.6 Å². The van der Waals surface area contributed by atoms with E-state index in [0.29, 0.717) is 11.5 Å². The van der Waals surface area contributed by atoms with E-state index in [1.807, 2.05) is 73.9 Å². The Morgan fingerprint density at radius 3 is 2.37 bits per heavy atom. The molecule has 3 aromatic carbocycles. The molecule has 8 heteroatoms. The summed E-state index contributed by atoms with van der Waals surface area (Å²) >= 11 is 0. The van der Waals surface area contributed by atoms with Crippen LogP contribution < -0.4 is 10.6 Å². The number of imidazole rings is 1. The minimum absolute atomic E-state index is 0.259. The lowest BCUT2D eigenvalue weighted by molar-refractivity contribution is 0.262. The van der Waals surface area contributed by atoms with Crippen molar-refractivity contribution >= 4 is 28.6 Å². The Hall–Kier alpha value is -4.46. The zero-order chi connectivity index (χ0) is 24.6. The molecule has 0 unspecified atom stereocenters. The van der Waals surface area contributed by atoms with Gasteiger partial charge in [0.05, 0.1) is 16.7 Å². The molecule has 176 valence electrons. The highest BCUT2D eigenvalue weighted by atomic mass is 19.1. The van der Waals surface area contributed by atoms with E-state index in [2.05, 4.69) is 20.7 Å². The number of hydrogen-bond donors (Lipinski definition) is 2. The van der Waals surface area contributed by atoms with Crippen LogP contribution in [0.25, 0.3) is 22.4 Å². The van der Waals surface area contributed by atoms with Crippen molar-refractivity contribution in [1.29, 1.82) is 0 Å². The SMILES string of the molecule is CC(C)(C)c1cc(NC(=O)Nc2ccc(-n3cnc4ccccc43)cc2)n(-c2ccccc2F)n1. The predicted octanol–water partition coefficient (Wildman–Crippen LogP) is 6.29. The lowest BCUT2D eigenvalue weighted by atomic mass is 9.92. The maximum absolute atomic E-state index is 14.5. The summed E-state index contributed by atoms with van der Waals surface area (Å²) < 4.78 is 17.9. The molecule has 0 aliphatic heterocycles. The van der Waals surface area contributed by atoms with Gasteiger partial charge in [-0.1, -0.05) is 45.0 Å². The van der Waals surface area contributed by atoms with Crippen LogP contribution in [0.3, 0.4) is 0 Å². The molecule has 2 aromatic heterocycles. The number of halogens is 1. The molecule has 0 saturated heterocycles. The van der Waals surface area contributed by atoms with Crippen LogP contribution >= 0.6 is 0 Å². The molecule has 5 aromatic rings. The number of carbonyl (C=O) groups is 1. The second kappa shape index (κ2) is 8.72. The minimum Gasteiger partial charge on any atom is -0.308 e. The Labute approximate surface area is 202 Å². The Balaban J connectivity index is 1.37. The van der Waals surface area contributed by atoms with Gasteiger partial charge >= 0.3 is 6.03 Å². The highest BCUT2D eigenvalue weighted by Crippen LogP contribution is 2.27. The van der Waals surface area contributed by atoms with E-state index in [-0.39, 0.29) is 11.1 Å². The van der Waals surface area contributed by atoms with Crippen LogP contribution in [0.2, 0.25) is 0 Å². The van der Waals surface area contributed by atoms with Crippen molar-refractivity contribution in [2.75, 3.05) is 10.6 Å². The molecule has 0 spiro atoms. The van der Waals surface area contributed by atoms with Crippen molar-refractivity contribution in [2.45, 2.75) is 26.2 Å². The van der Waals surface area contributed by atoms with E-state index >= 15 is 0 Å². The molecule has 5 rings (SSSR count). The Kier molecular flexibility index (Phi) is 5.56. The van der Waals surface area contributed by atoms with Gasteiger partial charge in [-0.25, -0.2) is 18.9 Å². The van der Waals surface area contributed by atoms with E-state index in [1.54, 1.807) is 30.6 Å². The first-order chi connectivity index (χ1) is 16.8. The summed E-state index contributed by atoms with van der Waals surface area (Å²) in [5.74, 6) is -0.0545. The predicted molar refractivity (Wildman–Crippen MR) is 136 cm³/mol. The first kappa shape index (κ1) is 22.3. The van der Waals surface area contributed by atoms with Crippen molar-refractivity contribution in [3.8, 4) is 11.4 Å². The number of amides is 2. The summed E-state index contributed by atoms with van der Waals surface area (Å²) in [5, 5.41) is 10.2. The Morgan fingerprint density at radius 1 is 0.914 bits per heavy atom. The number of benzene rings is 3. The molecule has 2 N–H and O–H groups in total. The molecular weight excluding hydrogens is 443 g/mol. The summed E-state index contributed by atoms with van der Waals surface area (Å²) in [6.45, 7) is 6.03. The smallest absolute Gasteiger partial charge is 0.308 e. The number of rotatable bonds is 4. The van der Waals surface area contributed by atoms with Gasteiger partial charge in [0.15, 0.2) is 0 Å². The molecule has 2 heterocycles. The molecular formula is C27H25FN6O. The van der Waals surface area contributed by atoms with E-state index in [9.17, 15) is 9.18 Å². The monoisotopic (exact) mass is 468 g/mol. The summed E-state index contributed by atoms with van der Waals surface area (Å²) in [6, 6.07) is 23.0. The van der Waals surface area contributed by atoms with Crippen molar-refractivity contribution in [1.82, 2.24) is 19.3 Å². The number of fused-ring (bicyclic) bond motifs is 1. The van der Waals surface area contributed by atoms with Crippen molar-refractivity contribution in [3.05, 3.63) is 96.7 Å². The van der Waals surface area contributed by atoms with E-state index < -0.39 is 11.8 Å². The van der Waals surface area contributed by atoms with Crippen LogP contribution in [-0.4, -0.2) is 25.4 Å². The first-order valence-corrected chi connectivity index (χ1v) is 11.3. The molecule has 0 bridgehead atoms. The van der Waals surface area contributed by atoms with Gasteiger partial charge < -0.3 is 5.32 Å². The van der Waals surface area contributed by atoms with Crippen molar-refractivity contribution in [3.63, 3.8) is 0 Å². The Bertz CT molecular complexity index is 1510. The quantitative estimate of drug-likeness (QED) is 0.325. The largest absolute Gasteiger partial charge is 0.324 e. The van der Waals surface area contributed by atoms with Crippen LogP contribution in [-0.2, 0) is 5.41 Å². The first-order valence-electron chi connectivity index (χ1n) is 11.3. The van der Waals surface area contributed by atoms with Gasteiger partial charge in [-0.05, 0) is 48.5 Å². The van der Waals surface area contributed by atoms with Crippen LogP contribution in [0.5, 0.6) is 0 Å². The fourth-order valence-electron chi connectivity index (χ4n) is 3.79. The summed E-state index contributed by atoms with van der Waals surface area (Å²) in [5.41, 5.74) is 4.16. The number of nitrogens with zero attached hydrogens (tertiary/aromatic N) is 4. The third kappa shape index (κ3) is 4.50. The zero-order valence-electron chi connectivity index (χ0n) is 19.7. The average Bonchev–Trinajstić information content (AvgIpc) is 3.44. The van der Waals surface area contributed by atoms with E-state index in [1.165, 1.54) is 10.7 Å². The fraction of sp³-hybridized carbons (Fsp3) is 0.148. The summed E-state index contributed by atoms with van der Waals surface area (Å²) in [4.78, 5) is 17.2. The average molecular weight is 469 g/mol.